The predicted octanol–water partition coefficient (Wildman–Crippen LogP) is 2.71. The van der Waals surface area contributed by atoms with Crippen LogP contribution in [0.25, 0.3) is 0 Å². The normalized spacial score (nSPS) is 18.3. The fourth-order valence-corrected chi connectivity index (χ4v) is 4.37. The Bertz CT molecular complexity index is 929. The zero-order valence-corrected chi connectivity index (χ0v) is 20.7. The standard InChI is InChI=1S/C25H37N5O3/c1-6-8-9-21-20-16-33-25(4,5)14-18(20)19(15-26)22(28-21)29-10-12-30(13-11-29)24(32)23(31)27-17(3)7-2/h17H,6-14,16H2,1-5H3,(H,27,31)/t17-/m1/s1. The minimum absolute atomic E-state index is 0.0320. The third-order valence-electron chi connectivity index (χ3n) is 6.62. The average molecular weight is 456 g/mol. The highest BCUT2D eigenvalue weighted by atomic mass is 16.5. The SMILES string of the molecule is CCCCc1nc(N2CCN(C(=O)C(=O)N[C@H](C)CC)CC2)c(C#N)c2c1COC(C)(C)C2. The third-order valence-corrected chi connectivity index (χ3v) is 6.62. The Labute approximate surface area is 197 Å². The van der Waals surface area contributed by atoms with Crippen molar-refractivity contribution in [3.05, 3.63) is 22.4 Å². The molecular weight excluding hydrogens is 418 g/mol. The number of rotatable bonds is 6. The predicted molar refractivity (Wildman–Crippen MR) is 127 cm³/mol. The zero-order chi connectivity index (χ0) is 24.2. The van der Waals surface area contributed by atoms with E-state index in [-0.39, 0.29) is 11.6 Å². The van der Waals surface area contributed by atoms with Crippen molar-refractivity contribution in [1.29, 1.82) is 5.26 Å². The molecule has 0 unspecified atom stereocenters. The van der Waals surface area contributed by atoms with E-state index in [0.717, 1.165) is 42.5 Å². The topological polar surface area (TPSA) is 98.6 Å². The number of nitrogens with zero attached hydrogens (tertiary/aromatic N) is 4. The van der Waals surface area contributed by atoms with Gasteiger partial charge < -0.3 is 19.9 Å². The number of unbranched alkanes of at least 4 members (excludes halogenated alkanes) is 1. The molecule has 0 bridgehead atoms. The van der Waals surface area contributed by atoms with E-state index in [0.29, 0.717) is 50.6 Å². The van der Waals surface area contributed by atoms with Crippen molar-refractivity contribution in [2.75, 3.05) is 31.1 Å². The fraction of sp³-hybridized carbons (Fsp3) is 0.680. The number of fused-ring (bicyclic) bond motifs is 1. The first-order valence-corrected chi connectivity index (χ1v) is 12.1. The van der Waals surface area contributed by atoms with E-state index in [2.05, 4.69) is 37.1 Å². The van der Waals surface area contributed by atoms with Gasteiger partial charge in [0, 0.05) is 49.9 Å². The maximum atomic E-state index is 12.6. The first kappa shape index (κ1) is 25.0. The molecule has 33 heavy (non-hydrogen) atoms. The number of nitrogens with one attached hydrogen (secondary N) is 1. The molecule has 1 saturated heterocycles. The van der Waals surface area contributed by atoms with Gasteiger partial charge in [-0.25, -0.2) is 4.98 Å². The molecule has 0 radical (unpaired) electrons. The number of nitriles is 1. The molecule has 0 saturated carbocycles. The van der Waals surface area contributed by atoms with Crippen LogP contribution in [0, 0.1) is 11.3 Å². The summed E-state index contributed by atoms with van der Waals surface area (Å²) in [6.45, 7) is 12.5. The van der Waals surface area contributed by atoms with Crippen molar-refractivity contribution in [3.63, 3.8) is 0 Å². The van der Waals surface area contributed by atoms with Crippen LogP contribution in [0.3, 0.4) is 0 Å². The van der Waals surface area contributed by atoms with E-state index < -0.39 is 11.8 Å². The summed E-state index contributed by atoms with van der Waals surface area (Å²) in [5, 5.41) is 12.8. The van der Waals surface area contributed by atoms with Crippen molar-refractivity contribution in [2.24, 2.45) is 0 Å². The van der Waals surface area contributed by atoms with E-state index in [1.54, 1.807) is 4.90 Å². The number of aryl methyl sites for hydroxylation is 1. The van der Waals surface area contributed by atoms with Gasteiger partial charge in [0.2, 0.25) is 0 Å². The first-order valence-electron chi connectivity index (χ1n) is 12.1. The highest BCUT2D eigenvalue weighted by Gasteiger charge is 2.34. The van der Waals surface area contributed by atoms with E-state index in [1.165, 1.54) is 0 Å². The summed E-state index contributed by atoms with van der Waals surface area (Å²) in [6, 6.07) is 2.39. The molecule has 1 fully saturated rings. The first-order chi connectivity index (χ1) is 15.7. The van der Waals surface area contributed by atoms with Gasteiger partial charge in [-0.1, -0.05) is 20.3 Å². The van der Waals surface area contributed by atoms with Crippen LogP contribution in [0.4, 0.5) is 5.82 Å². The van der Waals surface area contributed by atoms with Crippen LogP contribution in [0.1, 0.15) is 76.3 Å². The Hall–Kier alpha value is -2.66. The number of anilines is 1. The van der Waals surface area contributed by atoms with Gasteiger partial charge in [0.25, 0.3) is 0 Å². The molecule has 1 aromatic heterocycles. The molecule has 0 aromatic carbocycles. The lowest BCUT2D eigenvalue weighted by molar-refractivity contribution is -0.146. The molecule has 0 aliphatic carbocycles. The molecule has 1 aromatic rings. The number of piperazine rings is 1. The lowest BCUT2D eigenvalue weighted by Gasteiger charge is -2.38. The summed E-state index contributed by atoms with van der Waals surface area (Å²) in [5.74, 6) is -0.334. The molecule has 3 heterocycles. The summed E-state index contributed by atoms with van der Waals surface area (Å²) in [5.41, 5.74) is 3.43. The monoisotopic (exact) mass is 455 g/mol. The van der Waals surface area contributed by atoms with Gasteiger partial charge in [0.05, 0.1) is 17.8 Å². The van der Waals surface area contributed by atoms with Gasteiger partial charge in [0.1, 0.15) is 11.9 Å². The van der Waals surface area contributed by atoms with Crippen molar-refractivity contribution in [2.45, 2.75) is 85.0 Å². The lowest BCUT2D eigenvalue weighted by Crippen LogP contribution is -2.54. The lowest BCUT2D eigenvalue weighted by atomic mass is 9.87. The van der Waals surface area contributed by atoms with E-state index in [1.807, 2.05) is 13.8 Å². The molecule has 0 spiro atoms. The van der Waals surface area contributed by atoms with Crippen molar-refractivity contribution in [1.82, 2.24) is 15.2 Å². The number of hydrogen-bond donors (Lipinski definition) is 1. The maximum Gasteiger partial charge on any atom is 0.312 e. The molecule has 8 nitrogen and oxygen atoms in total. The van der Waals surface area contributed by atoms with E-state index in [9.17, 15) is 14.9 Å². The van der Waals surface area contributed by atoms with Crippen molar-refractivity contribution >= 4 is 17.6 Å². The van der Waals surface area contributed by atoms with Gasteiger partial charge in [-0.05, 0) is 45.6 Å². The van der Waals surface area contributed by atoms with Crippen LogP contribution >= 0.6 is 0 Å². The number of amides is 2. The van der Waals surface area contributed by atoms with Crippen LogP contribution in [-0.4, -0.2) is 59.5 Å². The van der Waals surface area contributed by atoms with Crippen molar-refractivity contribution < 1.29 is 14.3 Å². The second-order valence-electron chi connectivity index (χ2n) is 9.72. The Kier molecular flexibility index (Phi) is 7.96. The van der Waals surface area contributed by atoms with Gasteiger partial charge >= 0.3 is 11.8 Å². The molecule has 3 rings (SSSR count). The molecule has 1 atom stereocenters. The molecule has 8 heteroatoms. The molecule has 1 N–H and O–H groups in total. The van der Waals surface area contributed by atoms with Gasteiger partial charge in [-0.2, -0.15) is 5.26 Å². The number of carbonyl (C=O) groups is 2. The highest BCUT2D eigenvalue weighted by Crippen LogP contribution is 2.36. The molecule has 2 amide bonds. The zero-order valence-electron chi connectivity index (χ0n) is 20.7. The quantitative estimate of drug-likeness (QED) is 0.662. The summed E-state index contributed by atoms with van der Waals surface area (Å²) >= 11 is 0. The Morgan fingerprint density at radius 1 is 1.21 bits per heavy atom. The van der Waals surface area contributed by atoms with Crippen molar-refractivity contribution in [3.8, 4) is 6.07 Å². The number of ether oxygens (including phenoxy) is 1. The highest BCUT2D eigenvalue weighted by molar-refractivity contribution is 6.35. The number of hydrogen-bond acceptors (Lipinski definition) is 6. The minimum Gasteiger partial charge on any atom is -0.370 e. The number of aromatic nitrogens is 1. The molecule has 2 aliphatic rings. The van der Waals surface area contributed by atoms with Crippen LogP contribution in [0.2, 0.25) is 0 Å². The largest absolute Gasteiger partial charge is 0.370 e. The molecule has 180 valence electrons. The van der Waals surface area contributed by atoms with E-state index in [4.69, 9.17) is 9.72 Å². The van der Waals surface area contributed by atoms with Crippen LogP contribution in [0.15, 0.2) is 0 Å². The Balaban J connectivity index is 1.83. The van der Waals surface area contributed by atoms with E-state index >= 15 is 0 Å². The second kappa shape index (κ2) is 10.5. The van der Waals surface area contributed by atoms with Crippen LogP contribution in [0.5, 0.6) is 0 Å². The number of pyridine rings is 1. The van der Waals surface area contributed by atoms with Gasteiger partial charge in [-0.3, -0.25) is 9.59 Å². The van der Waals surface area contributed by atoms with Gasteiger partial charge in [-0.15, -0.1) is 0 Å². The molecular formula is C25H37N5O3. The molecule has 2 aliphatic heterocycles. The summed E-state index contributed by atoms with van der Waals surface area (Å²) < 4.78 is 6.05. The number of carbonyl (C=O) groups excluding carboxylic acids is 2. The maximum absolute atomic E-state index is 12.6. The Morgan fingerprint density at radius 3 is 2.52 bits per heavy atom. The smallest absolute Gasteiger partial charge is 0.312 e. The summed E-state index contributed by atoms with van der Waals surface area (Å²) in [6.07, 6.45) is 4.40. The second-order valence-corrected chi connectivity index (χ2v) is 9.72. The minimum atomic E-state index is -0.550. The third kappa shape index (κ3) is 5.64. The Morgan fingerprint density at radius 2 is 1.91 bits per heavy atom. The van der Waals surface area contributed by atoms with Gasteiger partial charge in [0.15, 0.2) is 0 Å². The van der Waals surface area contributed by atoms with Crippen LogP contribution < -0.4 is 10.2 Å². The van der Waals surface area contributed by atoms with Crippen LogP contribution in [-0.2, 0) is 33.8 Å². The fourth-order valence-electron chi connectivity index (χ4n) is 4.37. The summed E-state index contributed by atoms with van der Waals surface area (Å²) in [7, 11) is 0. The summed E-state index contributed by atoms with van der Waals surface area (Å²) in [4.78, 5) is 33.5. The average Bonchev–Trinajstić information content (AvgIpc) is 2.80.